The first-order chi connectivity index (χ1) is 12.0. The highest BCUT2D eigenvalue weighted by Gasteiger charge is 2.31. The molecular weight excluding hydrogens is 401 g/mol. The third-order valence-electron chi connectivity index (χ3n) is 3.46. The van der Waals surface area contributed by atoms with E-state index in [0.29, 0.717) is 26.7 Å². The van der Waals surface area contributed by atoms with Crippen LogP contribution in [0.25, 0.3) is 0 Å². The van der Waals surface area contributed by atoms with Crippen LogP contribution in [0.4, 0.5) is 0 Å². The van der Waals surface area contributed by atoms with Gasteiger partial charge < -0.3 is 5.32 Å². The molecule has 128 valence electrons. The number of nitrogens with zero attached hydrogens (tertiary/aromatic N) is 2. The van der Waals surface area contributed by atoms with Crippen molar-refractivity contribution in [3.63, 3.8) is 0 Å². The standard InChI is InChI=1S/C17H12Cl3N3OS/c18-12-6-2-1-4-11(12)9-21-23-17-22-16(24)14(25-17)8-10-5-3-7-13(19)15(10)20/h1-7,9,14H,8H2,(H,22,23,24)/b21-9+. The van der Waals surface area contributed by atoms with E-state index in [-0.39, 0.29) is 11.2 Å². The highest BCUT2D eigenvalue weighted by Crippen LogP contribution is 2.30. The lowest BCUT2D eigenvalue weighted by Gasteiger charge is -2.08. The van der Waals surface area contributed by atoms with Gasteiger partial charge in [0.05, 0.1) is 21.5 Å². The number of nitrogens with one attached hydrogen (secondary N) is 1. The first-order valence-corrected chi connectivity index (χ1v) is 9.32. The molecule has 0 aromatic heterocycles. The quantitative estimate of drug-likeness (QED) is 0.578. The molecule has 8 heteroatoms. The van der Waals surface area contributed by atoms with E-state index < -0.39 is 0 Å². The predicted octanol–water partition coefficient (Wildman–Crippen LogP) is 4.81. The fourth-order valence-corrected chi connectivity index (χ4v) is 3.75. The highest BCUT2D eigenvalue weighted by atomic mass is 35.5. The van der Waals surface area contributed by atoms with Crippen molar-refractivity contribution in [1.82, 2.24) is 5.32 Å². The number of thioether (sulfide) groups is 1. The second kappa shape index (κ2) is 8.23. The molecule has 0 spiro atoms. The molecule has 1 heterocycles. The van der Waals surface area contributed by atoms with Gasteiger partial charge in [-0.05, 0) is 24.1 Å². The van der Waals surface area contributed by atoms with Gasteiger partial charge in [-0.3, -0.25) is 4.79 Å². The highest BCUT2D eigenvalue weighted by molar-refractivity contribution is 8.15. The summed E-state index contributed by atoms with van der Waals surface area (Å²) in [7, 11) is 0. The Morgan fingerprint density at radius 1 is 1.08 bits per heavy atom. The number of benzene rings is 2. The van der Waals surface area contributed by atoms with Gasteiger partial charge in [0.15, 0.2) is 5.17 Å². The fraction of sp³-hybridized carbons (Fsp3) is 0.118. The molecule has 0 bridgehead atoms. The van der Waals surface area contributed by atoms with Crippen molar-refractivity contribution in [3.8, 4) is 0 Å². The van der Waals surface area contributed by atoms with E-state index >= 15 is 0 Å². The summed E-state index contributed by atoms with van der Waals surface area (Å²) in [5, 5.41) is 12.4. The van der Waals surface area contributed by atoms with Crippen molar-refractivity contribution in [2.45, 2.75) is 11.7 Å². The Morgan fingerprint density at radius 2 is 1.84 bits per heavy atom. The summed E-state index contributed by atoms with van der Waals surface area (Å²) < 4.78 is 0. The predicted molar refractivity (Wildman–Crippen MR) is 106 cm³/mol. The molecule has 3 rings (SSSR count). The van der Waals surface area contributed by atoms with Crippen molar-refractivity contribution >= 4 is 63.9 Å². The molecule has 1 fully saturated rings. The number of rotatable bonds is 4. The summed E-state index contributed by atoms with van der Waals surface area (Å²) in [5.74, 6) is -0.132. The molecule has 0 radical (unpaired) electrons. The van der Waals surface area contributed by atoms with Gasteiger partial charge in [-0.15, -0.1) is 5.10 Å². The zero-order valence-corrected chi connectivity index (χ0v) is 15.8. The van der Waals surface area contributed by atoms with Gasteiger partial charge >= 0.3 is 0 Å². The SMILES string of the molecule is O=C1N/C(=N/N=C/c2ccccc2Cl)SC1Cc1cccc(Cl)c1Cl. The maximum Gasteiger partial charge on any atom is 0.239 e. The number of hydrogen-bond donors (Lipinski definition) is 1. The Bertz CT molecular complexity index is 870. The molecule has 2 aromatic rings. The van der Waals surface area contributed by atoms with Crippen LogP contribution in [0.3, 0.4) is 0 Å². The number of amides is 1. The second-order valence-corrected chi connectivity index (χ2v) is 7.57. The molecule has 4 nitrogen and oxygen atoms in total. The van der Waals surface area contributed by atoms with E-state index in [1.165, 1.54) is 11.8 Å². The van der Waals surface area contributed by atoms with Crippen LogP contribution >= 0.6 is 46.6 Å². The molecule has 1 aliphatic heterocycles. The average molecular weight is 413 g/mol. The van der Waals surface area contributed by atoms with Crippen LogP contribution in [0, 0.1) is 0 Å². The van der Waals surface area contributed by atoms with Crippen LogP contribution in [-0.2, 0) is 11.2 Å². The molecule has 1 saturated heterocycles. The zero-order valence-electron chi connectivity index (χ0n) is 12.7. The van der Waals surface area contributed by atoms with Crippen LogP contribution < -0.4 is 5.32 Å². The molecule has 2 aromatic carbocycles. The van der Waals surface area contributed by atoms with Gasteiger partial charge in [0, 0.05) is 10.6 Å². The van der Waals surface area contributed by atoms with Crippen LogP contribution in [0.1, 0.15) is 11.1 Å². The Hall–Kier alpha value is -1.53. The van der Waals surface area contributed by atoms with Crippen molar-refractivity contribution in [2.75, 3.05) is 0 Å². The summed E-state index contributed by atoms with van der Waals surface area (Å²) in [6.07, 6.45) is 2.01. The van der Waals surface area contributed by atoms with Gasteiger partial charge in [0.25, 0.3) is 0 Å². The number of amidine groups is 1. The number of carbonyl (C=O) groups excluding carboxylic acids is 1. The maximum atomic E-state index is 12.1. The summed E-state index contributed by atoms with van der Waals surface area (Å²) in [5.41, 5.74) is 1.58. The lowest BCUT2D eigenvalue weighted by molar-refractivity contribution is -0.118. The normalized spacial score (nSPS) is 18.9. The van der Waals surface area contributed by atoms with Gasteiger partial charge in [0.1, 0.15) is 0 Å². The first-order valence-electron chi connectivity index (χ1n) is 7.30. The van der Waals surface area contributed by atoms with Gasteiger partial charge in [-0.25, -0.2) is 0 Å². The van der Waals surface area contributed by atoms with E-state index in [4.69, 9.17) is 34.8 Å². The van der Waals surface area contributed by atoms with Crippen LogP contribution in [0.2, 0.25) is 15.1 Å². The molecule has 0 aliphatic carbocycles. The minimum Gasteiger partial charge on any atom is -0.303 e. The average Bonchev–Trinajstić information content (AvgIpc) is 2.93. The number of halogens is 3. The Labute approximate surface area is 164 Å². The molecule has 1 N–H and O–H groups in total. The topological polar surface area (TPSA) is 53.8 Å². The molecule has 1 amide bonds. The molecule has 1 atom stereocenters. The second-order valence-electron chi connectivity index (χ2n) is 5.18. The lowest BCUT2D eigenvalue weighted by Crippen LogP contribution is -2.26. The van der Waals surface area contributed by atoms with Crippen molar-refractivity contribution in [1.29, 1.82) is 0 Å². The van der Waals surface area contributed by atoms with E-state index in [0.717, 1.165) is 11.1 Å². The minimum absolute atomic E-state index is 0.132. The number of carbonyl (C=O) groups is 1. The first kappa shape index (κ1) is 18.3. The Morgan fingerprint density at radius 3 is 2.64 bits per heavy atom. The lowest BCUT2D eigenvalue weighted by atomic mass is 10.1. The Kier molecular flexibility index (Phi) is 6.02. The fourth-order valence-electron chi connectivity index (χ4n) is 2.22. The van der Waals surface area contributed by atoms with Crippen molar-refractivity contribution in [3.05, 3.63) is 68.7 Å². The van der Waals surface area contributed by atoms with Crippen LogP contribution in [0.15, 0.2) is 52.7 Å². The largest absolute Gasteiger partial charge is 0.303 e. The monoisotopic (exact) mass is 411 g/mol. The van der Waals surface area contributed by atoms with Gasteiger partial charge in [-0.2, -0.15) is 5.10 Å². The molecule has 1 aliphatic rings. The van der Waals surface area contributed by atoms with E-state index in [9.17, 15) is 4.79 Å². The van der Waals surface area contributed by atoms with Crippen LogP contribution in [-0.4, -0.2) is 22.5 Å². The van der Waals surface area contributed by atoms with Crippen molar-refractivity contribution in [2.24, 2.45) is 10.2 Å². The minimum atomic E-state index is -0.328. The third-order valence-corrected chi connectivity index (χ3v) is 5.74. The van der Waals surface area contributed by atoms with E-state index in [1.807, 2.05) is 30.3 Å². The summed E-state index contributed by atoms with van der Waals surface area (Å²) >= 11 is 19.5. The molecule has 1 unspecified atom stereocenters. The van der Waals surface area contributed by atoms with Gasteiger partial charge in [-0.1, -0.05) is 76.9 Å². The summed E-state index contributed by atoms with van der Waals surface area (Å²) in [6, 6.07) is 12.7. The van der Waals surface area contributed by atoms with Gasteiger partial charge in [0.2, 0.25) is 5.91 Å². The van der Waals surface area contributed by atoms with E-state index in [1.54, 1.807) is 18.3 Å². The third kappa shape index (κ3) is 4.55. The zero-order chi connectivity index (χ0) is 17.8. The van der Waals surface area contributed by atoms with Crippen molar-refractivity contribution < 1.29 is 4.79 Å². The molecular formula is C17H12Cl3N3OS. The molecule has 25 heavy (non-hydrogen) atoms. The number of hydrogen-bond acceptors (Lipinski definition) is 4. The maximum absolute atomic E-state index is 12.1. The molecule has 0 saturated carbocycles. The van der Waals surface area contributed by atoms with E-state index in [2.05, 4.69) is 15.5 Å². The smallest absolute Gasteiger partial charge is 0.239 e. The summed E-state index contributed by atoms with van der Waals surface area (Å²) in [4.78, 5) is 12.1. The van der Waals surface area contributed by atoms with Crippen LogP contribution in [0.5, 0.6) is 0 Å². The Balaban J connectivity index is 1.68. The summed E-state index contributed by atoms with van der Waals surface area (Å²) in [6.45, 7) is 0.